The molecule has 0 radical (unpaired) electrons. The minimum absolute atomic E-state index is 0.0665. The van der Waals surface area contributed by atoms with E-state index in [0.29, 0.717) is 17.0 Å². The van der Waals surface area contributed by atoms with E-state index in [1.165, 1.54) is 5.56 Å². The number of nitrogens with zero attached hydrogens (tertiary/aromatic N) is 1. The monoisotopic (exact) mass is 309 g/mol. The van der Waals surface area contributed by atoms with Gasteiger partial charge in [-0.3, -0.25) is 4.79 Å². The highest BCUT2D eigenvalue weighted by atomic mass is 16.2. The molecule has 3 N–H and O–H groups in total. The fourth-order valence-corrected chi connectivity index (χ4v) is 2.15. The van der Waals surface area contributed by atoms with Crippen LogP contribution in [0.1, 0.15) is 49.2 Å². The van der Waals surface area contributed by atoms with Gasteiger partial charge in [-0.1, -0.05) is 45.0 Å². The lowest BCUT2D eigenvalue weighted by Gasteiger charge is -2.18. The smallest absolute Gasteiger partial charge is 0.271 e. The Labute approximate surface area is 137 Å². The van der Waals surface area contributed by atoms with E-state index in [9.17, 15) is 4.79 Å². The van der Waals surface area contributed by atoms with Crippen molar-refractivity contribution in [1.29, 1.82) is 0 Å². The third-order valence-electron chi connectivity index (χ3n) is 3.64. The van der Waals surface area contributed by atoms with Gasteiger partial charge in [0.2, 0.25) is 0 Å². The number of hydrogen-bond donors (Lipinski definition) is 2. The second-order valence-corrected chi connectivity index (χ2v) is 6.59. The summed E-state index contributed by atoms with van der Waals surface area (Å²) < 4.78 is 0. The molecule has 0 saturated carbocycles. The van der Waals surface area contributed by atoms with Gasteiger partial charge in [-0.25, -0.2) is 5.43 Å². The van der Waals surface area contributed by atoms with E-state index in [0.717, 1.165) is 5.56 Å². The maximum Gasteiger partial charge on any atom is 0.271 e. The Bertz CT molecular complexity index is 725. The predicted molar refractivity (Wildman–Crippen MR) is 95.7 cm³/mol. The zero-order valence-corrected chi connectivity index (χ0v) is 14.1. The van der Waals surface area contributed by atoms with Crippen molar-refractivity contribution in [3.8, 4) is 0 Å². The quantitative estimate of drug-likeness (QED) is 0.515. The molecule has 2 aromatic rings. The maximum absolute atomic E-state index is 12.2. The maximum atomic E-state index is 12.2. The van der Waals surface area contributed by atoms with Crippen molar-refractivity contribution < 1.29 is 4.79 Å². The number of carbonyl (C=O) groups is 1. The van der Waals surface area contributed by atoms with Gasteiger partial charge in [0.1, 0.15) is 0 Å². The largest absolute Gasteiger partial charge is 0.399 e. The molecule has 120 valence electrons. The highest BCUT2D eigenvalue weighted by Gasteiger charge is 2.14. The molecule has 0 aliphatic heterocycles. The second-order valence-electron chi connectivity index (χ2n) is 6.59. The van der Waals surface area contributed by atoms with E-state index in [2.05, 4.69) is 31.3 Å². The molecule has 0 atom stereocenters. The molecular weight excluding hydrogens is 286 g/mol. The summed E-state index contributed by atoms with van der Waals surface area (Å²) in [6, 6.07) is 15.0. The van der Waals surface area contributed by atoms with Crippen LogP contribution >= 0.6 is 0 Å². The normalized spacial score (nSPS) is 12.1. The van der Waals surface area contributed by atoms with Crippen LogP contribution in [0.5, 0.6) is 0 Å². The third kappa shape index (κ3) is 4.42. The van der Waals surface area contributed by atoms with Crippen molar-refractivity contribution in [3.63, 3.8) is 0 Å². The molecule has 0 aliphatic carbocycles. The van der Waals surface area contributed by atoms with Crippen LogP contribution in [-0.4, -0.2) is 11.6 Å². The number of nitrogen functional groups attached to an aromatic ring is 1. The zero-order valence-electron chi connectivity index (χ0n) is 14.1. The highest BCUT2D eigenvalue weighted by Crippen LogP contribution is 2.22. The van der Waals surface area contributed by atoms with E-state index in [-0.39, 0.29) is 11.3 Å². The summed E-state index contributed by atoms with van der Waals surface area (Å²) in [5.41, 5.74) is 12.4. The molecule has 23 heavy (non-hydrogen) atoms. The van der Waals surface area contributed by atoms with Gasteiger partial charge < -0.3 is 5.73 Å². The fraction of sp³-hybridized carbons (Fsp3) is 0.263. The van der Waals surface area contributed by atoms with E-state index in [4.69, 9.17) is 5.73 Å². The Kier molecular flexibility index (Phi) is 4.84. The Balaban J connectivity index is 2.08. The standard InChI is InChI=1S/C19H23N3O/c1-13(15-6-5-7-17(20)12-15)21-22-18(23)14-8-10-16(11-9-14)19(2,3)4/h5-12H,20H2,1-4H3,(H,22,23). The molecule has 2 rings (SSSR count). The fourth-order valence-electron chi connectivity index (χ4n) is 2.15. The van der Waals surface area contributed by atoms with E-state index < -0.39 is 0 Å². The first-order valence-electron chi connectivity index (χ1n) is 7.58. The second kappa shape index (κ2) is 6.65. The first-order valence-corrected chi connectivity index (χ1v) is 7.58. The molecule has 0 spiro atoms. The number of hydrazone groups is 1. The number of hydrogen-bond acceptors (Lipinski definition) is 3. The Morgan fingerprint density at radius 2 is 1.70 bits per heavy atom. The minimum atomic E-state index is -0.228. The van der Waals surface area contributed by atoms with Crippen LogP contribution in [0.2, 0.25) is 0 Å². The van der Waals surface area contributed by atoms with Gasteiger partial charge in [-0.15, -0.1) is 0 Å². The number of carbonyl (C=O) groups excluding carboxylic acids is 1. The lowest BCUT2D eigenvalue weighted by molar-refractivity contribution is 0.0955. The van der Waals surface area contributed by atoms with Crippen molar-refractivity contribution in [2.75, 3.05) is 5.73 Å². The van der Waals surface area contributed by atoms with Crippen LogP contribution in [0, 0.1) is 0 Å². The number of benzene rings is 2. The molecule has 1 amide bonds. The van der Waals surface area contributed by atoms with Gasteiger partial charge in [0.25, 0.3) is 5.91 Å². The van der Waals surface area contributed by atoms with Crippen molar-refractivity contribution in [3.05, 3.63) is 65.2 Å². The Hall–Kier alpha value is -2.62. The predicted octanol–water partition coefficient (Wildman–Crippen LogP) is 3.72. The van der Waals surface area contributed by atoms with Gasteiger partial charge in [-0.05, 0) is 47.7 Å². The lowest BCUT2D eigenvalue weighted by Crippen LogP contribution is -2.20. The summed E-state index contributed by atoms with van der Waals surface area (Å²) in [7, 11) is 0. The molecule has 0 fully saturated rings. The molecule has 0 saturated heterocycles. The third-order valence-corrected chi connectivity index (χ3v) is 3.64. The van der Waals surface area contributed by atoms with Crippen molar-refractivity contribution >= 4 is 17.3 Å². The summed E-state index contributed by atoms with van der Waals surface area (Å²) >= 11 is 0. The van der Waals surface area contributed by atoms with Crippen LogP contribution in [-0.2, 0) is 5.41 Å². The van der Waals surface area contributed by atoms with Gasteiger partial charge in [-0.2, -0.15) is 5.10 Å². The van der Waals surface area contributed by atoms with Crippen LogP contribution < -0.4 is 11.2 Å². The summed E-state index contributed by atoms with van der Waals surface area (Å²) in [5, 5.41) is 4.14. The average Bonchev–Trinajstić information content (AvgIpc) is 2.51. The van der Waals surface area contributed by atoms with Crippen LogP contribution in [0.25, 0.3) is 0 Å². The molecule has 0 aliphatic rings. The van der Waals surface area contributed by atoms with E-state index >= 15 is 0 Å². The average molecular weight is 309 g/mol. The number of rotatable bonds is 3. The number of nitrogens with one attached hydrogen (secondary N) is 1. The molecule has 0 aromatic heterocycles. The Morgan fingerprint density at radius 1 is 1.04 bits per heavy atom. The molecule has 4 nitrogen and oxygen atoms in total. The SMILES string of the molecule is CC(=NNC(=O)c1ccc(C(C)(C)C)cc1)c1cccc(N)c1. The number of amides is 1. The van der Waals surface area contributed by atoms with Gasteiger partial charge >= 0.3 is 0 Å². The molecule has 0 unspecified atom stereocenters. The summed E-state index contributed by atoms with van der Waals surface area (Å²) in [5.74, 6) is -0.228. The highest BCUT2D eigenvalue weighted by molar-refractivity contribution is 6.01. The van der Waals surface area contributed by atoms with Crippen LogP contribution in [0.4, 0.5) is 5.69 Å². The van der Waals surface area contributed by atoms with Crippen LogP contribution in [0.3, 0.4) is 0 Å². The topological polar surface area (TPSA) is 67.5 Å². The summed E-state index contributed by atoms with van der Waals surface area (Å²) in [4.78, 5) is 12.2. The first-order chi connectivity index (χ1) is 10.8. The van der Waals surface area contributed by atoms with E-state index in [1.807, 2.05) is 55.5 Å². The van der Waals surface area contributed by atoms with Crippen molar-refractivity contribution in [2.45, 2.75) is 33.1 Å². The number of anilines is 1. The van der Waals surface area contributed by atoms with Crippen molar-refractivity contribution in [1.82, 2.24) is 5.43 Å². The summed E-state index contributed by atoms with van der Waals surface area (Å²) in [6.07, 6.45) is 0. The van der Waals surface area contributed by atoms with Gasteiger partial charge in [0.05, 0.1) is 5.71 Å². The van der Waals surface area contributed by atoms with Gasteiger partial charge in [0.15, 0.2) is 0 Å². The summed E-state index contributed by atoms with van der Waals surface area (Å²) in [6.45, 7) is 8.25. The van der Waals surface area contributed by atoms with Crippen LogP contribution in [0.15, 0.2) is 53.6 Å². The number of nitrogens with two attached hydrogens (primary N) is 1. The Morgan fingerprint density at radius 3 is 2.26 bits per heavy atom. The zero-order chi connectivity index (χ0) is 17.0. The molecule has 2 aromatic carbocycles. The molecule has 0 heterocycles. The molecular formula is C19H23N3O. The molecule has 0 bridgehead atoms. The van der Waals surface area contributed by atoms with Crippen molar-refractivity contribution in [2.24, 2.45) is 5.10 Å². The minimum Gasteiger partial charge on any atom is -0.399 e. The first kappa shape index (κ1) is 16.7. The lowest BCUT2D eigenvalue weighted by atomic mass is 9.87. The molecule has 4 heteroatoms. The van der Waals surface area contributed by atoms with E-state index in [1.54, 1.807) is 0 Å². The van der Waals surface area contributed by atoms with Gasteiger partial charge in [0, 0.05) is 11.3 Å².